The van der Waals surface area contributed by atoms with Crippen LogP contribution in [0, 0.1) is 6.92 Å². The Morgan fingerprint density at radius 1 is 1.30 bits per heavy atom. The Kier molecular flexibility index (Phi) is 4.88. The average Bonchev–Trinajstić information content (AvgIpc) is 2.79. The largest absolute Gasteiger partial charge is 0.464 e. The highest BCUT2D eigenvalue weighted by Gasteiger charge is 2.29. The second-order valence-electron chi connectivity index (χ2n) is 5.63. The standard InChI is InChI=1S/C14H24N2O3S/c1-11(2)15-10-13-9-14(12(3)19-13)20(17,18)16-7-5-4-6-8-16/h9,11,15H,4-8,10H2,1-3H3. The SMILES string of the molecule is Cc1oc(CNC(C)C)cc1S(=O)(=O)N1CCCCC1. The number of nitrogens with one attached hydrogen (secondary N) is 1. The van der Waals surface area contributed by atoms with Gasteiger partial charge in [0.2, 0.25) is 10.0 Å². The van der Waals surface area contributed by atoms with Gasteiger partial charge in [-0.2, -0.15) is 4.31 Å². The van der Waals surface area contributed by atoms with Crippen molar-refractivity contribution in [1.29, 1.82) is 0 Å². The van der Waals surface area contributed by atoms with Gasteiger partial charge in [-0.05, 0) is 19.8 Å². The molecule has 2 heterocycles. The fourth-order valence-corrected chi connectivity index (χ4v) is 4.12. The van der Waals surface area contributed by atoms with Crippen molar-refractivity contribution in [2.45, 2.75) is 57.5 Å². The van der Waals surface area contributed by atoms with E-state index in [0.29, 0.717) is 42.1 Å². The number of aryl methyl sites for hydroxylation is 1. The molecule has 1 aromatic heterocycles. The maximum absolute atomic E-state index is 12.6. The van der Waals surface area contributed by atoms with Gasteiger partial charge in [-0.25, -0.2) is 8.42 Å². The zero-order chi connectivity index (χ0) is 14.8. The lowest BCUT2D eigenvalue weighted by Crippen LogP contribution is -2.35. The fourth-order valence-electron chi connectivity index (χ4n) is 2.42. The first-order valence-electron chi connectivity index (χ1n) is 7.24. The normalized spacial score (nSPS) is 17.8. The van der Waals surface area contributed by atoms with Crippen LogP contribution >= 0.6 is 0 Å². The molecule has 0 saturated carbocycles. The molecule has 0 amide bonds. The molecule has 0 bridgehead atoms. The number of sulfonamides is 1. The summed E-state index contributed by atoms with van der Waals surface area (Å²) in [6, 6.07) is 2.00. The molecule has 6 heteroatoms. The number of piperidine rings is 1. The van der Waals surface area contributed by atoms with Gasteiger partial charge in [0.1, 0.15) is 16.4 Å². The van der Waals surface area contributed by atoms with Gasteiger partial charge >= 0.3 is 0 Å². The van der Waals surface area contributed by atoms with Crippen LogP contribution in [-0.2, 0) is 16.6 Å². The number of hydrogen-bond donors (Lipinski definition) is 1. The highest BCUT2D eigenvalue weighted by Crippen LogP contribution is 2.26. The molecule has 20 heavy (non-hydrogen) atoms. The van der Waals surface area contributed by atoms with Crippen LogP contribution in [-0.4, -0.2) is 31.9 Å². The summed E-state index contributed by atoms with van der Waals surface area (Å²) in [6.45, 7) is 7.59. The zero-order valence-electron chi connectivity index (χ0n) is 12.5. The van der Waals surface area contributed by atoms with Gasteiger partial charge < -0.3 is 9.73 Å². The third-order valence-electron chi connectivity index (χ3n) is 3.54. The predicted octanol–water partition coefficient (Wildman–Crippen LogP) is 2.26. The Hall–Kier alpha value is -0.850. The zero-order valence-corrected chi connectivity index (χ0v) is 13.3. The monoisotopic (exact) mass is 300 g/mol. The molecule has 0 atom stereocenters. The number of furan rings is 1. The van der Waals surface area contributed by atoms with Gasteiger partial charge in [-0.3, -0.25) is 0 Å². The van der Waals surface area contributed by atoms with Gasteiger partial charge in [0, 0.05) is 25.2 Å². The van der Waals surface area contributed by atoms with Crippen molar-refractivity contribution in [3.05, 3.63) is 17.6 Å². The minimum atomic E-state index is -3.40. The molecule has 114 valence electrons. The summed E-state index contributed by atoms with van der Waals surface area (Å²) in [4.78, 5) is 0.319. The molecule has 1 saturated heterocycles. The van der Waals surface area contributed by atoms with Gasteiger partial charge in [0.15, 0.2) is 0 Å². The maximum atomic E-state index is 12.6. The summed E-state index contributed by atoms with van der Waals surface area (Å²) in [5.74, 6) is 1.16. The lowest BCUT2D eigenvalue weighted by Gasteiger charge is -2.25. The first-order valence-corrected chi connectivity index (χ1v) is 8.68. The molecule has 1 fully saturated rings. The van der Waals surface area contributed by atoms with Crippen molar-refractivity contribution >= 4 is 10.0 Å². The van der Waals surface area contributed by atoms with E-state index in [0.717, 1.165) is 19.3 Å². The molecule has 0 radical (unpaired) electrons. The number of rotatable bonds is 5. The second-order valence-corrected chi connectivity index (χ2v) is 7.54. The summed E-state index contributed by atoms with van der Waals surface area (Å²) in [5.41, 5.74) is 0. The number of nitrogens with zero attached hydrogens (tertiary/aromatic N) is 1. The Morgan fingerprint density at radius 2 is 1.95 bits per heavy atom. The van der Waals surface area contributed by atoms with E-state index in [1.807, 2.05) is 13.8 Å². The van der Waals surface area contributed by atoms with Gasteiger partial charge in [0.05, 0.1) is 6.54 Å². The highest BCUT2D eigenvalue weighted by molar-refractivity contribution is 7.89. The molecular weight excluding hydrogens is 276 g/mol. The van der Waals surface area contributed by atoms with E-state index in [9.17, 15) is 8.42 Å². The summed E-state index contributed by atoms with van der Waals surface area (Å²) in [5, 5.41) is 3.23. The van der Waals surface area contributed by atoms with Crippen LogP contribution < -0.4 is 5.32 Å². The molecule has 1 aromatic rings. The molecule has 5 nitrogen and oxygen atoms in total. The summed E-state index contributed by atoms with van der Waals surface area (Å²) < 4.78 is 32.4. The third kappa shape index (κ3) is 3.42. The van der Waals surface area contributed by atoms with Crippen LogP contribution in [0.3, 0.4) is 0 Å². The molecule has 2 rings (SSSR count). The van der Waals surface area contributed by atoms with Gasteiger partial charge in [0.25, 0.3) is 0 Å². The quantitative estimate of drug-likeness (QED) is 0.906. The lowest BCUT2D eigenvalue weighted by molar-refractivity contribution is 0.345. The smallest absolute Gasteiger partial charge is 0.246 e. The molecular formula is C14H24N2O3S. The summed E-state index contributed by atoms with van der Waals surface area (Å²) in [6.07, 6.45) is 3.00. The van der Waals surface area contributed by atoms with E-state index in [-0.39, 0.29) is 0 Å². The second kappa shape index (κ2) is 6.28. The van der Waals surface area contributed by atoms with Crippen molar-refractivity contribution in [1.82, 2.24) is 9.62 Å². The highest BCUT2D eigenvalue weighted by atomic mass is 32.2. The molecule has 1 aliphatic heterocycles. The van der Waals surface area contributed by atoms with Crippen molar-refractivity contribution < 1.29 is 12.8 Å². The Labute approximate surface area is 121 Å². The third-order valence-corrected chi connectivity index (χ3v) is 5.55. The summed E-state index contributed by atoms with van der Waals surface area (Å²) in [7, 11) is -3.40. The van der Waals surface area contributed by atoms with E-state index in [2.05, 4.69) is 5.32 Å². The summed E-state index contributed by atoms with van der Waals surface area (Å²) >= 11 is 0. The minimum Gasteiger partial charge on any atom is -0.464 e. The van der Waals surface area contributed by atoms with Crippen LogP contribution in [0.15, 0.2) is 15.4 Å². The van der Waals surface area contributed by atoms with Crippen LogP contribution in [0.25, 0.3) is 0 Å². The van der Waals surface area contributed by atoms with Gasteiger partial charge in [-0.15, -0.1) is 0 Å². The topological polar surface area (TPSA) is 62.6 Å². The lowest BCUT2D eigenvalue weighted by atomic mass is 10.2. The van der Waals surface area contributed by atoms with Crippen molar-refractivity contribution in [3.63, 3.8) is 0 Å². The maximum Gasteiger partial charge on any atom is 0.246 e. The molecule has 0 aromatic carbocycles. The Balaban J connectivity index is 2.18. The fraction of sp³-hybridized carbons (Fsp3) is 0.714. The van der Waals surface area contributed by atoms with Crippen molar-refractivity contribution in [3.8, 4) is 0 Å². The number of hydrogen-bond acceptors (Lipinski definition) is 4. The van der Waals surface area contributed by atoms with Crippen molar-refractivity contribution in [2.24, 2.45) is 0 Å². The van der Waals surface area contributed by atoms with Crippen LogP contribution in [0.1, 0.15) is 44.6 Å². The van der Waals surface area contributed by atoms with Crippen molar-refractivity contribution in [2.75, 3.05) is 13.1 Å². The molecule has 0 aliphatic carbocycles. The van der Waals surface area contributed by atoms with Crippen LogP contribution in [0.5, 0.6) is 0 Å². The predicted molar refractivity (Wildman–Crippen MR) is 78.0 cm³/mol. The van der Waals surface area contributed by atoms with Gasteiger partial charge in [-0.1, -0.05) is 20.3 Å². The first kappa shape index (κ1) is 15.5. The van der Waals surface area contributed by atoms with E-state index >= 15 is 0 Å². The van der Waals surface area contributed by atoms with E-state index in [1.165, 1.54) is 0 Å². The van der Waals surface area contributed by atoms with E-state index in [4.69, 9.17) is 4.42 Å². The Bertz CT molecular complexity index is 543. The molecule has 1 N–H and O–H groups in total. The molecule has 0 unspecified atom stereocenters. The van der Waals surface area contributed by atoms with E-state index in [1.54, 1.807) is 17.3 Å². The first-order chi connectivity index (χ1) is 9.41. The average molecular weight is 300 g/mol. The molecule has 0 spiro atoms. The molecule has 1 aliphatic rings. The Morgan fingerprint density at radius 3 is 2.55 bits per heavy atom. The van der Waals surface area contributed by atoms with Crippen LogP contribution in [0.2, 0.25) is 0 Å². The van der Waals surface area contributed by atoms with E-state index < -0.39 is 10.0 Å². The van der Waals surface area contributed by atoms with Crippen LogP contribution in [0.4, 0.5) is 0 Å². The minimum absolute atomic E-state index is 0.319.